The van der Waals surface area contributed by atoms with Gasteiger partial charge in [0.1, 0.15) is 0 Å². The van der Waals surface area contributed by atoms with E-state index in [9.17, 15) is 4.79 Å². The fourth-order valence-electron chi connectivity index (χ4n) is 2.74. The Bertz CT molecular complexity index is 348. The van der Waals surface area contributed by atoms with Gasteiger partial charge < -0.3 is 4.74 Å². The monoisotopic (exact) mass is 206 g/mol. The molecule has 82 valence electrons. The van der Waals surface area contributed by atoms with Crippen LogP contribution in [0.15, 0.2) is 23.5 Å². The summed E-state index contributed by atoms with van der Waals surface area (Å²) in [7, 11) is 1.70. The van der Waals surface area contributed by atoms with Crippen molar-refractivity contribution >= 4 is 5.78 Å². The molecular weight excluding hydrogens is 188 g/mol. The van der Waals surface area contributed by atoms with Gasteiger partial charge >= 0.3 is 0 Å². The molecule has 0 saturated carbocycles. The number of methoxy groups -OCH3 is 1. The first kappa shape index (κ1) is 10.5. The zero-order valence-electron chi connectivity index (χ0n) is 9.67. The Morgan fingerprint density at radius 2 is 2.13 bits per heavy atom. The van der Waals surface area contributed by atoms with E-state index in [2.05, 4.69) is 13.8 Å². The van der Waals surface area contributed by atoms with Gasteiger partial charge in [0.15, 0.2) is 5.78 Å². The summed E-state index contributed by atoms with van der Waals surface area (Å²) in [5.74, 6) is 1.77. The van der Waals surface area contributed by atoms with E-state index in [1.807, 2.05) is 6.08 Å². The normalized spacial score (nSPS) is 29.0. The van der Waals surface area contributed by atoms with Gasteiger partial charge in [0.25, 0.3) is 0 Å². The van der Waals surface area contributed by atoms with Crippen LogP contribution in [0.1, 0.15) is 33.1 Å². The zero-order valence-corrected chi connectivity index (χ0v) is 9.67. The molecule has 1 unspecified atom stereocenters. The second kappa shape index (κ2) is 3.51. The molecule has 0 N–H and O–H groups in total. The van der Waals surface area contributed by atoms with Crippen LogP contribution in [0, 0.1) is 11.3 Å². The molecule has 15 heavy (non-hydrogen) atoms. The second-order valence-corrected chi connectivity index (χ2v) is 5.18. The van der Waals surface area contributed by atoms with Crippen molar-refractivity contribution in [2.24, 2.45) is 11.3 Å². The molecule has 0 spiro atoms. The first-order valence-corrected chi connectivity index (χ1v) is 5.52. The van der Waals surface area contributed by atoms with Crippen molar-refractivity contribution < 1.29 is 9.53 Å². The summed E-state index contributed by atoms with van der Waals surface area (Å²) < 4.78 is 5.32. The van der Waals surface area contributed by atoms with Gasteiger partial charge in [-0.15, -0.1) is 0 Å². The SMILES string of the molecule is COC1=CC2=CC(=O)CCC2C(C)(C)C1. The lowest BCUT2D eigenvalue weighted by Gasteiger charge is -2.40. The van der Waals surface area contributed by atoms with Crippen molar-refractivity contribution in [3.8, 4) is 0 Å². The third kappa shape index (κ3) is 1.85. The predicted octanol–water partition coefficient (Wildman–Crippen LogP) is 2.85. The summed E-state index contributed by atoms with van der Waals surface area (Å²) in [4.78, 5) is 11.4. The van der Waals surface area contributed by atoms with Crippen molar-refractivity contribution in [2.45, 2.75) is 33.1 Å². The molecular formula is C13H18O2. The molecule has 0 heterocycles. The fourth-order valence-corrected chi connectivity index (χ4v) is 2.74. The van der Waals surface area contributed by atoms with Gasteiger partial charge in [-0.2, -0.15) is 0 Å². The number of carbonyl (C=O) groups excluding carboxylic acids is 1. The number of fused-ring (bicyclic) bond motifs is 1. The highest BCUT2D eigenvalue weighted by atomic mass is 16.5. The third-order valence-corrected chi connectivity index (χ3v) is 3.57. The third-order valence-electron chi connectivity index (χ3n) is 3.57. The van der Waals surface area contributed by atoms with Crippen molar-refractivity contribution in [3.63, 3.8) is 0 Å². The summed E-state index contributed by atoms with van der Waals surface area (Å²) in [6, 6.07) is 0. The van der Waals surface area contributed by atoms with Crippen LogP contribution in [-0.4, -0.2) is 12.9 Å². The number of hydrogen-bond donors (Lipinski definition) is 0. The Morgan fingerprint density at radius 3 is 2.80 bits per heavy atom. The second-order valence-electron chi connectivity index (χ2n) is 5.18. The summed E-state index contributed by atoms with van der Waals surface area (Å²) >= 11 is 0. The van der Waals surface area contributed by atoms with Crippen LogP contribution in [0.3, 0.4) is 0 Å². The van der Waals surface area contributed by atoms with Gasteiger partial charge in [-0.05, 0) is 35.5 Å². The number of hydrogen-bond acceptors (Lipinski definition) is 2. The molecule has 0 aromatic heterocycles. The van der Waals surface area contributed by atoms with Crippen molar-refractivity contribution in [2.75, 3.05) is 7.11 Å². The van der Waals surface area contributed by atoms with Gasteiger partial charge in [-0.25, -0.2) is 0 Å². The Balaban J connectivity index is 2.40. The van der Waals surface area contributed by atoms with E-state index in [-0.39, 0.29) is 11.2 Å². The van der Waals surface area contributed by atoms with Crippen molar-refractivity contribution in [3.05, 3.63) is 23.5 Å². The lowest BCUT2D eigenvalue weighted by Crippen LogP contribution is -2.32. The van der Waals surface area contributed by atoms with Crippen LogP contribution in [0.4, 0.5) is 0 Å². The van der Waals surface area contributed by atoms with Gasteiger partial charge in [0.2, 0.25) is 0 Å². The Hall–Kier alpha value is -1.05. The summed E-state index contributed by atoms with van der Waals surface area (Å²) in [6.45, 7) is 4.51. The van der Waals surface area contributed by atoms with E-state index >= 15 is 0 Å². The highest BCUT2D eigenvalue weighted by Crippen LogP contribution is 2.46. The number of rotatable bonds is 1. The molecule has 1 atom stereocenters. The molecule has 0 amide bonds. The molecule has 2 rings (SSSR count). The molecule has 0 aromatic carbocycles. The number of allylic oxidation sites excluding steroid dienone is 4. The van der Waals surface area contributed by atoms with E-state index in [1.165, 1.54) is 5.57 Å². The topological polar surface area (TPSA) is 26.3 Å². The molecule has 0 radical (unpaired) electrons. The minimum absolute atomic E-state index is 0.215. The lowest BCUT2D eigenvalue weighted by molar-refractivity contribution is -0.115. The first-order chi connectivity index (χ1) is 7.03. The summed E-state index contributed by atoms with van der Waals surface area (Å²) in [5, 5.41) is 0. The lowest BCUT2D eigenvalue weighted by atomic mass is 9.65. The van der Waals surface area contributed by atoms with Gasteiger partial charge in [0.05, 0.1) is 12.9 Å². The Labute approximate surface area is 91.0 Å². The minimum Gasteiger partial charge on any atom is -0.501 e. The highest BCUT2D eigenvalue weighted by molar-refractivity contribution is 5.92. The Kier molecular flexibility index (Phi) is 2.45. The number of ether oxygens (including phenoxy) is 1. The highest BCUT2D eigenvalue weighted by Gasteiger charge is 2.38. The van der Waals surface area contributed by atoms with Gasteiger partial charge in [0, 0.05) is 12.8 Å². The molecule has 0 bridgehead atoms. The molecule has 2 aliphatic rings. The van der Waals surface area contributed by atoms with E-state index in [4.69, 9.17) is 4.74 Å². The zero-order chi connectivity index (χ0) is 11.1. The standard InChI is InChI=1S/C13H18O2/c1-13(2)8-11(15-3)7-9-6-10(14)4-5-12(9)13/h6-7,12H,4-5,8H2,1-3H3. The number of ketones is 1. The van der Waals surface area contributed by atoms with Crippen LogP contribution >= 0.6 is 0 Å². The van der Waals surface area contributed by atoms with Crippen LogP contribution in [0.2, 0.25) is 0 Å². The Morgan fingerprint density at radius 1 is 1.40 bits per heavy atom. The molecule has 2 aliphatic carbocycles. The molecule has 0 aliphatic heterocycles. The average molecular weight is 206 g/mol. The van der Waals surface area contributed by atoms with E-state index in [0.717, 1.165) is 18.6 Å². The maximum Gasteiger partial charge on any atom is 0.155 e. The molecule has 0 saturated heterocycles. The minimum atomic E-state index is 0.215. The smallest absolute Gasteiger partial charge is 0.155 e. The van der Waals surface area contributed by atoms with Crippen molar-refractivity contribution in [1.29, 1.82) is 0 Å². The predicted molar refractivity (Wildman–Crippen MR) is 59.3 cm³/mol. The maximum atomic E-state index is 11.4. The van der Waals surface area contributed by atoms with Crippen LogP contribution in [0.5, 0.6) is 0 Å². The van der Waals surface area contributed by atoms with E-state index < -0.39 is 0 Å². The van der Waals surface area contributed by atoms with Crippen molar-refractivity contribution in [1.82, 2.24) is 0 Å². The molecule has 0 aromatic rings. The maximum absolute atomic E-state index is 11.4. The summed E-state index contributed by atoms with van der Waals surface area (Å²) in [5.41, 5.74) is 1.38. The molecule has 2 heteroatoms. The van der Waals surface area contributed by atoms with Gasteiger partial charge in [-0.1, -0.05) is 13.8 Å². The molecule has 0 fully saturated rings. The van der Waals surface area contributed by atoms with Crippen LogP contribution < -0.4 is 0 Å². The van der Waals surface area contributed by atoms with E-state index in [0.29, 0.717) is 12.3 Å². The van der Waals surface area contributed by atoms with E-state index in [1.54, 1.807) is 13.2 Å². The summed E-state index contributed by atoms with van der Waals surface area (Å²) in [6.07, 6.45) is 6.51. The van der Waals surface area contributed by atoms with Crippen LogP contribution in [0.25, 0.3) is 0 Å². The van der Waals surface area contributed by atoms with Crippen LogP contribution in [-0.2, 0) is 9.53 Å². The first-order valence-electron chi connectivity index (χ1n) is 5.52. The fraction of sp³-hybridized carbons (Fsp3) is 0.615. The van der Waals surface area contributed by atoms with Gasteiger partial charge in [-0.3, -0.25) is 4.79 Å². The quantitative estimate of drug-likeness (QED) is 0.659. The number of carbonyl (C=O) groups is 1. The average Bonchev–Trinajstić information content (AvgIpc) is 2.15. The largest absolute Gasteiger partial charge is 0.501 e. The molecule has 2 nitrogen and oxygen atoms in total.